The molecular formula is C14H19F3N2S. The number of nitrogens with one attached hydrogen (secondary N) is 1. The maximum Gasteiger partial charge on any atom is 0.446 e. The molecule has 0 amide bonds. The molecule has 6 heteroatoms. The summed E-state index contributed by atoms with van der Waals surface area (Å²) in [6.45, 7) is 5.57. The average molecular weight is 304 g/mol. The van der Waals surface area contributed by atoms with Crippen LogP contribution in [0.15, 0.2) is 29.2 Å². The van der Waals surface area contributed by atoms with Crippen molar-refractivity contribution < 1.29 is 13.2 Å². The molecule has 1 saturated heterocycles. The molecule has 0 bridgehead atoms. The lowest BCUT2D eigenvalue weighted by molar-refractivity contribution is -0.0328. The Morgan fingerprint density at radius 3 is 2.50 bits per heavy atom. The van der Waals surface area contributed by atoms with Crippen LogP contribution in [0.4, 0.5) is 13.2 Å². The van der Waals surface area contributed by atoms with Crippen LogP contribution in [0.25, 0.3) is 0 Å². The lowest BCUT2D eigenvalue weighted by atomic mass is 10.0. The SMILES string of the molecule is CC[C@H](c1ccccc1SC(F)(F)F)N1CCNCC1. The fourth-order valence-electron chi connectivity index (χ4n) is 2.64. The average Bonchev–Trinajstić information content (AvgIpc) is 2.41. The van der Waals surface area contributed by atoms with E-state index in [2.05, 4.69) is 10.2 Å². The molecule has 1 heterocycles. The summed E-state index contributed by atoms with van der Waals surface area (Å²) in [5.74, 6) is 0. The molecule has 0 aromatic heterocycles. The molecule has 1 atom stereocenters. The number of halogens is 3. The van der Waals surface area contributed by atoms with Crippen LogP contribution in [-0.4, -0.2) is 36.6 Å². The van der Waals surface area contributed by atoms with Crippen molar-refractivity contribution in [3.63, 3.8) is 0 Å². The highest BCUT2D eigenvalue weighted by Crippen LogP contribution is 2.41. The topological polar surface area (TPSA) is 15.3 Å². The van der Waals surface area contributed by atoms with E-state index in [9.17, 15) is 13.2 Å². The molecule has 0 spiro atoms. The van der Waals surface area contributed by atoms with Gasteiger partial charge in [0.2, 0.25) is 0 Å². The number of hydrogen-bond donors (Lipinski definition) is 1. The van der Waals surface area contributed by atoms with Crippen LogP contribution in [0, 0.1) is 0 Å². The highest BCUT2D eigenvalue weighted by atomic mass is 32.2. The minimum Gasteiger partial charge on any atom is -0.314 e. The predicted octanol–water partition coefficient (Wildman–Crippen LogP) is 3.65. The number of hydrogen-bond acceptors (Lipinski definition) is 3. The van der Waals surface area contributed by atoms with Crippen LogP contribution >= 0.6 is 11.8 Å². The summed E-state index contributed by atoms with van der Waals surface area (Å²) in [7, 11) is 0. The standard InChI is InChI=1S/C14H19F3N2S/c1-2-12(19-9-7-18-8-10-19)11-5-3-4-6-13(11)20-14(15,16)17/h3-6,12,18H,2,7-10H2,1H3/t12-/m1/s1. The molecule has 112 valence electrons. The van der Waals surface area contributed by atoms with E-state index in [0.29, 0.717) is 4.90 Å². The first-order chi connectivity index (χ1) is 9.51. The van der Waals surface area contributed by atoms with E-state index in [0.717, 1.165) is 38.2 Å². The Morgan fingerprint density at radius 1 is 1.25 bits per heavy atom. The lowest BCUT2D eigenvalue weighted by Gasteiger charge is -2.35. The number of alkyl halides is 3. The Morgan fingerprint density at radius 2 is 1.90 bits per heavy atom. The molecule has 1 aromatic carbocycles. The first kappa shape index (κ1) is 15.7. The molecule has 1 aromatic rings. The molecular weight excluding hydrogens is 285 g/mol. The van der Waals surface area contributed by atoms with Crippen molar-refractivity contribution >= 4 is 11.8 Å². The summed E-state index contributed by atoms with van der Waals surface area (Å²) in [5, 5.41) is 3.27. The van der Waals surface area contributed by atoms with Crippen LogP contribution < -0.4 is 5.32 Å². The molecule has 2 rings (SSSR count). The van der Waals surface area contributed by atoms with Crippen LogP contribution in [0.3, 0.4) is 0 Å². The Kier molecular flexibility index (Phi) is 5.35. The number of thioether (sulfide) groups is 1. The molecule has 0 unspecified atom stereocenters. The summed E-state index contributed by atoms with van der Waals surface area (Å²) in [5.41, 5.74) is -3.45. The predicted molar refractivity (Wildman–Crippen MR) is 75.8 cm³/mol. The van der Waals surface area contributed by atoms with Gasteiger partial charge in [-0.15, -0.1) is 0 Å². The number of piperazine rings is 1. The Bertz CT molecular complexity index is 431. The Hall–Kier alpha value is -0.720. The fraction of sp³-hybridized carbons (Fsp3) is 0.571. The second-order valence-corrected chi connectivity index (χ2v) is 5.90. The molecule has 2 nitrogen and oxygen atoms in total. The van der Waals surface area contributed by atoms with Gasteiger partial charge in [-0.2, -0.15) is 13.2 Å². The maximum atomic E-state index is 12.7. The van der Waals surface area contributed by atoms with Gasteiger partial charge in [0.25, 0.3) is 0 Å². The van der Waals surface area contributed by atoms with Crippen LogP contribution in [0.2, 0.25) is 0 Å². The largest absolute Gasteiger partial charge is 0.446 e. The summed E-state index contributed by atoms with van der Waals surface area (Å²) >= 11 is -0.00723. The fourth-order valence-corrected chi connectivity index (χ4v) is 3.36. The van der Waals surface area contributed by atoms with E-state index in [4.69, 9.17) is 0 Å². The smallest absolute Gasteiger partial charge is 0.314 e. The quantitative estimate of drug-likeness (QED) is 0.855. The van der Waals surface area contributed by atoms with Gasteiger partial charge >= 0.3 is 5.51 Å². The molecule has 0 radical (unpaired) electrons. The second kappa shape index (κ2) is 6.83. The molecule has 0 aliphatic carbocycles. The van der Waals surface area contributed by atoms with Crippen LogP contribution in [-0.2, 0) is 0 Å². The van der Waals surface area contributed by atoms with Gasteiger partial charge < -0.3 is 5.32 Å². The normalized spacial score (nSPS) is 19.0. The van der Waals surface area contributed by atoms with Gasteiger partial charge in [-0.05, 0) is 29.8 Å². The van der Waals surface area contributed by atoms with Gasteiger partial charge in [0, 0.05) is 37.1 Å². The summed E-state index contributed by atoms with van der Waals surface area (Å²) in [6, 6.07) is 6.94. The van der Waals surface area contributed by atoms with E-state index in [1.165, 1.54) is 0 Å². The molecule has 1 fully saturated rings. The third kappa shape index (κ3) is 4.14. The minimum atomic E-state index is -4.24. The van der Waals surface area contributed by atoms with E-state index in [1.54, 1.807) is 12.1 Å². The maximum absolute atomic E-state index is 12.7. The van der Waals surface area contributed by atoms with Gasteiger partial charge in [0.15, 0.2) is 0 Å². The summed E-state index contributed by atoms with van der Waals surface area (Å²) < 4.78 is 38.0. The van der Waals surface area contributed by atoms with E-state index in [1.807, 2.05) is 19.1 Å². The highest BCUT2D eigenvalue weighted by molar-refractivity contribution is 8.00. The third-order valence-corrected chi connectivity index (χ3v) is 4.31. The highest BCUT2D eigenvalue weighted by Gasteiger charge is 2.32. The van der Waals surface area contributed by atoms with E-state index in [-0.39, 0.29) is 17.8 Å². The van der Waals surface area contributed by atoms with E-state index < -0.39 is 5.51 Å². The molecule has 1 aliphatic heterocycles. The molecule has 0 saturated carbocycles. The van der Waals surface area contributed by atoms with Gasteiger partial charge in [-0.3, -0.25) is 4.90 Å². The first-order valence-electron chi connectivity index (χ1n) is 6.80. The summed E-state index contributed by atoms with van der Waals surface area (Å²) in [4.78, 5) is 2.59. The van der Waals surface area contributed by atoms with Gasteiger partial charge in [-0.25, -0.2) is 0 Å². The molecule has 1 aliphatic rings. The number of nitrogens with zero attached hydrogens (tertiary/aromatic N) is 1. The number of rotatable bonds is 4. The number of benzene rings is 1. The van der Waals surface area contributed by atoms with Crippen LogP contribution in [0.5, 0.6) is 0 Å². The van der Waals surface area contributed by atoms with Crippen molar-refractivity contribution in [1.82, 2.24) is 10.2 Å². The third-order valence-electron chi connectivity index (χ3n) is 3.48. The zero-order valence-electron chi connectivity index (χ0n) is 11.4. The first-order valence-corrected chi connectivity index (χ1v) is 7.62. The zero-order valence-corrected chi connectivity index (χ0v) is 12.2. The van der Waals surface area contributed by atoms with Crippen molar-refractivity contribution in [2.75, 3.05) is 26.2 Å². The Labute approximate surface area is 121 Å². The van der Waals surface area contributed by atoms with Crippen molar-refractivity contribution in [2.45, 2.75) is 29.8 Å². The van der Waals surface area contributed by atoms with Crippen molar-refractivity contribution in [3.05, 3.63) is 29.8 Å². The van der Waals surface area contributed by atoms with Crippen molar-refractivity contribution in [2.24, 2.45) is 0 Å². The second-order valence-electron chi connectivity index (χ2n) is 4.80. The van der Waals surface area contributed by atoms with Crippen molar-refractivity contribution in [1.29, 1.82) is 0 Å². The van der Waals surface area contributed by atoms with Gasteiger partial charge in [0.1, 0.15) is 0 Å². The lowest BCUT2D eigenvalue weighted by Crippen LogP contribution is -2.45. The molecule has 1 N–H and O–H groups in total. The Balaban J connectivity index is 2.24. The van der Waals surface area contributed by atoms with Gasteiger partial charge in [-0.1, -0.05) is 25.1 Å². The molecule has 20 heavy (non-hydrogen) atoms. The monoisotopic (exact) mass is 304 g/mol. The minimum absolute atomic E-state index is 0.00723. The van der Waals surface area contributed by atoms with E-state index >= 15 is 0 Å². The van der Waals surface area contributed by atoms with Gasteiger partial charge in [0.05, 0.1) is 0 Å². The zero-order chi connectivity index (χ0) is 14.6. The van der Waals surface area contributed by atoms with Crippen LogP contribution in [0.1, 0.15) is 24.9 Å². The summed E-state index contributed by atoms with van der Waals surface area (Å²) in [6.07, 6.45) is 0.815. The van der Waals surface area contributed by atoms with Crippen molar-refractivity contribution in [3.8, 4) is 0 Å².